The molecule has 0 fully saturated rings. The van der Waals surface area contributed by atoms with Crippen LogP contribution in [0.1, 0.15) is 32.1 Å². The van der Waals surface area contributed by atoms with Crippen LogP contribution in [-0.4, -0.2) is 11.0 Å². The van der Waals surface area contributed by atoms with Gasteiger partial charge in [-0.1, -0.05) is 12.1 Å². The highest BCUT2D eigenvalue weighted by atomic mass is 16.3. The molecular weight excluding hydrogens is 230 g/mol. The lowest BCUT2D eigenvalue weighted by Gasteiger charge is -2.16. The average molecular weight is 247 g/mol. The van der Waals surface area contributed by atoms with Crippen LogP contribution in [0.5, 0.6) is 0 Å². The van der Waals surface area contributed by atoms with Gasteiger partial charge in [0, 0.05) is 17.9 Å². The molecule has 1 aromatic heterocycles. The maximum Gasteiger partial charge on any atom is 0.221 e. The van der Waals surface area contributed by atoms with Gasteiger partial charge in [0.15, 0.2) is 5.58 Å². The number of nitrogens with one attached hydrogen (secondary N) is 1. The summed E-state index contributed by atoms with van der Waals surface area (Å²) in [6.45, 7) is 6.70. The van der Waals surface area contributed by atoms with E-state index in [1.54, 1.807) is 19.9 Å². The summed E-state index contributed by atoms with van der Waals surface area (Å²) in [5.74, 6) is 0.511. The molecule has 0 saturated carbocycles. The van der Waals surface area contributed by atoms with E-state index in [0.29, 0.717) is 17.0 Å². The summed E-state index contributed by atoms with van der Waals surface area (Å²) in [6, 6.07) is 5.49. The quantitative estimate of drug-likeness (QED) is 0.857. The number of furan rings is 1. The molecule has 0 aliphatic carbocycles. The third-order valence-electron chi connectivity index (χ3n) is 2.81. The molecule has 4 heteroatoms. The van der Waals surface area contributed by atoms with E-state index < -0.39 is 5.60 Å². The zero-order valence-electron chi connectivity index (χ0n) is 11.0. The highest BCUT2D eigenvalue weighted by Gasteiger charge is 2.26. The molecule has 1 amide bonds. The second-order valence-electron chi connectivity index (χ2n) is 4.96. The third-order valence-corrected chi connectivity index (χ3v) is 2.81. The molecule has 0 aliphatic rings. The van der Waals surface area contributed by atoms with Gasteiger partial charge in [-0.15, -0.1) is 0 Å². The summed E-state index contributed by atoms with van der Waals surface area (Å²) in [5, 5.41) is 13.7. The molecule has 0 atom stereocenters. The molecule has 0 unspecified atom stereocenters. The molecule has 2 N–H and O–H groups in total. The predicted octanol–water partition coefficient (Wildman–Crippen LogP) is 2.93. The Labute approximate surface area is 106 Å². The van der Waals surface area contributed by atoms with Crippen molar-refractivity contribution >= 4 is 22.6 Å². The second kappa shape index (κ2) is 4.14. The highest BCUT2D eigenvalue weighted by molar-refractivity contribution is 6.00. The minimum atomic E-state index is -0.982. The van der Waals surface area contributed by atoms with Crippen molar-refractivity contribution in [3.63, 3.8) is 0 Å². The van der Waals surface area contributed by atoms with Crippen molar-refractivity contribution in [3.8, 4) is 0 Å². The number of amides is 1. The number of aryl methyl sites for hydroxylation is 1. The maximum absolute atomic E-state index is 11.1. The van der Waals surface area contributed by atoms with Crippen LogP contribution in [0.15, 0.2) is 22.6 Å². The number of hydrogen-bond acceptors (Lipinski definition) is 3. The lowest BCUT2D eigenvalue weighted by atomic mass is 9.95. The SMILES string of the molecule is CC(=O)Nc1cccc2c(C(C)(C)O)c(C)oc12. The van der Waals surface area contributed by atoms with Gasteiger partial charge in [0.05, 0.1) is 11.3 Å². The van der Waals surface area contributed by atoms with Crippen molar-refractivity contribution < 1.29 is 14.3 Å². The number of aliphatic hydroxyl groups is 1. The Bertz CT molecular complexity index is 605. The van der Waals surface area contributed by atoms with Crippen molar-refractivity contribution in [2.24, 2.45) is 0 Å². The Morgan fingerprint density at radius 2 is 2.06 bits per heavy atom. The fourth-order valence-corrected chi connectivity index (χ4v) is 2.29. The maximum atomic E-state index is 11.1. The van der Waals surface area contributed by atoms with Crippen molar-refractivity contribution in [3.05, 3.63) is 29.5 Å². The monoisotopic (exact) mass is 247 g/mol. The molecule has 0 bridgehead atoms. The minimum absolute atomic E-state index is 0.152. The Balaban J connectivity index is 2.71. The number of para-hydroxylation sites is 1. The fourth-order valence-electron chi connectivity index (χ4n) is 2.29. The van der Waals surface area contributed by atoms with Crippen LogP contribution in [0.25, 0.3) is 11.0 Å². The van der Waals surface area contributed by atoms with Crippen molar-refractivity contribution in [1.82, 2.24) is 0 Å². The minimum Gasteiger partial charge on any atom is -0.459 e. The number of hydrogen-bond donors (Lipinski definition) is 2. The van der Waals surface area contributed by atoms with Crippen molar-refractivity contribution in [1.29, 1.82) is 0 Å². The first-order valence-electron chi connectivity index (χ1n) is 5.83. The summed E-state index contributed by atoms with van der Waals surface area (Å²) >= 11 is 0. The molecule has 0 saturated heterocycles. The number of anilines is 1. The summed E-state index contributed by atoms with van der Waals surface area (Å²) in [4.78, 5) is 11.1. The second-order valence-corrected chi connectivity index (χ2v) is 4.96. The zero-order valence-corrected chi connectivity index (χ0v) is 11.0. The molecule has 0 aliphatic heterocycles. The van der Waals surface area contributed by atoms with Gasteiger partial charge >= 0.3 is 0 Å². The molecule has 18 heavy (non-hydrogen) atoms. The van der Waals surface area contributed by atoms with Gasteiger partial charge in [0.2, 0.25) is 5.91 Å². The van der Waals surface area contributed by atoms with E-state index in [1.165, 1.54) is 6.92 Å². The van der Waals surface area contributed by atoms with E-state index in [9.17, 15) is 9.90 Å². The summed E-state index contributed by atoms with van der Waals surface area (Å²) in [6.07, 6.45) is 0. The lowest BCUT2D eigenvalue weighted by molar-refractivity contribution is -0.114. The topological polar surface area (TPSA) is 62.5 Å². The Morgan fingerprint density at radius 3 is 2.61 bits per heavy atom. The first-order valence-corrected chi connectivity index (χ1v) is 5.83. The molecule has 1 aromatic carbocycles. The van der Waals surface area contributed by atoms with Crippen LogP contribution < -0.4 is 5.32 Å². The molecule has 4 nitrogen and oxygen atoms in total. The van der Waals surface area contributed by atoms with Crippen molar-refractivity contribution in [2.75, 3.05) is 5.32 Å². The Kier molecular flexibility index (Phi) is 2.91. The molecule has 2 rings (SSSR count). The largest absolute Gasteiger partial charge is 0.459 e. The summed E-state index contributed by atoms with van der Waals surface area (Å²) in [7, 11) is 0. The first kappa shape index (κ1) is 12.6. The number of fused-ring (bicyclic) bond motifs is 1. The highest BCUT2D eigenvalue weighted by Crippen LogP contribution is 2.36. The molecule has 2 aromatic rings. The van der Waals surface area contributed by atoms with Crippen LogP contribution in [0.2, 0.25) is 0 Å². The Hall–Kier alpha value is -1.81. The fraction of sp³-hybridized carbons (Fsp3) is 0.357. The summed E-state index contributed by atoms with van der Waals surface area (Å²) < 4.78 is 5.68. The first-order chi connectivity index (χ1) is 8.30. The van der Waals surface area contributed by atoms with Gasteiger partial charge in [0.1, 0.15) is 5.76 Å². The number of carbonyl (C=O) groups excluding carboxylic acids is 1. The average Bonchev–Trinajstić information content (AvgIpc) is 2.53. The number of benzene rings is 1. The molecule has 0 radical (unpaired) electrons. The number of carbonyl (C=O) groups is 1. The van der Waals surface area contributed by atoms with Gasteiger partial charge in [-0.05, 0) is 26.8 Å². The van der Waals surface area contributed by atoms with E-state index in [2.05, 4.69) is 5.32 Å². The Morgan fingerprint density at radius 1 is 1.39 bits per heavy atom. The van der Waals surface area contributed by atoms with Crippen molar-refractivity contribution in [2.45, 2.75) is 33.3 Å². The third kappa shape index (κ3) is 2.11. The van der Waals surface area contributed by atoms with E-state index in [-0.39, 0.29) is 5.91 Å². The van der Waals surface area contributed by atoms with Gasteiger partial charge < -0.3 is 14.8 Å². The van der Waals surface area contributed by atoms with Crippen LogP contribution in [0.4, 0.5) is 5.69 Å². The molecule has 96 valence electrons. The van der Waals surface area contributed by atoms with Gasteiger partial charge in [0.25, 0.3) is 0 Å². The molecular formula is C14H17NO3. The van der Waals surface area contributed by atoms with Crippen LogP contribution >= 0.6 is 0 Å². The smallest absolute Gasteiger partial charge is 0.221 e. The normalized spacial score (nSPS) is 11.8. The standard InChI is InChI=1S/C14H17NO3/c1-8-12(14(3,4)17)10-6-5-7-11(13(10)18-8)15-9(2)16/h5-7,17H,1-4H3,(H,15,16). The van der Waals surface area contributed by atoms with E-state index in [1.807, 2.05) is 19.1 Å². The van der Waals surface area contributed by atoms with Crippen LogP contribution in [-0.2, 0) is 10.4 Å². The van der Waals surface area contributed by atoms with Gasteiger partial charge in [-0.3, -0.25) is 4.79 Å². The number of rotatable bonds is 2. The lowest BCUT2D eigenvalue weighted by Crippen LogP contribution is -2.16. The van der Waals surface area contributed by atoms with E-state index in [0.717, 1.165) is 10.9 Å². The predicted molar refractivity (Wildman–Crippen MR) is 70.5 cm³/mol. The zero-order chi connectivity index (χ0) is 13.5. The summed E-state index contributed by atoms with van der Waals surface area (Å²) in [5.41, 5.74) is 0.995. The van der Waals surface area contributed by atoms with Gasteiger partial charge in [-0.25, -0.2) is 0 Å². The molecule has 1 heterocycles. The van der Waals surface area contributed by atoms with Crippen LogP contribution in [0.3, 0.4) is 0 Å². The van der Waals surface area contributed by atoms with E-state index in [4.69, 9.17) is 4.42 Å². The molecule has 0 spiro atoms. The van der Waals surface area contributed by atoms with E-state index >= 15 is 0 Å². The van der Waals surface area contributed by atoms with Crippen LogP contribution in [0, 0.1) is 6.92 Å². The van der Waals surface area contributed by atoms with Gasteiger partial charge in [-0.2, -0.15) is 0 Å².